The average molecular weight is 489 g/mol. The number of imidazole rings is 1. The molecule has 0 atom stereocenters. The number of hydrogen-bond donors (Lipinski definition) is 0. The van der Waals surface area contributed by atoms with Gasteiger partial charge < -0.3 is 14.0 Å². The lowest BCUT2D eigenvalue weighted by molar-refractivity contribution is -0.156. The van der Waals surface area contributed by atoms with Gasteiger partial charge >= 0.3 is 11.9 Å². The highest BCUT2D eigenvalue weighted by Gasteiger charge is 2.33. The summed E-state index contributed by atoms with van der Waals surface area (Å²) in [6.45, 7) is 18.6. The first-order valence-electron chi connectivity index (χ1n) is 12.0. The third kappa shape index (κ3) is 7.62. The first kappa shape index (κ1) is 28.0. The minimum atomic E-state index is -0.724. The Hall–Kier alpha value is -2.28. The fourth-order valence-electron chi connectivity index (χ4n) is 3.49. The normalized spacial score (nSPS) is 12.2. The molecule has 0 saturated carbocycles. The molecule has 0 amide bonds. The monoisotopic (exact) mass is 488 g/mol. The van der Waals surface area contributed by atoms with Crippen LogP contribution in [0.4, 0.5) is 0 Å². The molecule has 7 heteroatoms. The molecule has 6 nitrogen and oxygen atoms in total. The molecule has 0 radical (unpaired) electrons. The molecule has 2 aromatic rings. The molecule has 1 aromatic heterocycles. The fourth-order valence-corrected chi connectivity index (χ4v) is 4.47. The SMILES string of the molecule is CCOC(=O)c1nc(-c2ccc(SC(C)(C)C(=O)OC(C)(C)C)cc2)n(CCCC(C)C)c1C. The van der Waals surface area contributed by atoms with Crippen LogP contribution in [-0.4, -0.2) is 38.4 Å². The van der Waals surface area contributed by atoms with Crippen LogP contribution in [0.25, 0.3) is 11.4 Å². The molecule has 0 saturated heterocycles. The minimum Gasteiger partial charge on any atom is -0.461 e. The lowest BCUT2D eigenvalue weighted by atomic mass is 10.1. The van der Waals surface area contributed by atoms with Crippen LogP contribution >= 0.6 is 11.8 Å². The first-order chi connectivity index (χ1) is 15.7. The van der Waals surface area contributed by atoms with Gasteiger partial charge in [-0.2, -0.15) is 0 Å². The molecule has 0 bridgehead atoms. The molecule has 34 heavy (non-hydrogen) atoms. The quantitative estimate of drug-likeness (QED) is 0.274. The molecular weight excluding hydrogens is 448 g/mol. The molecule has 188 valence electrons. The second-order valence-corrected chi connectivity index (χ2v) is 12.1. The summed E-state index contributed by atoms with van der Waals surface area (Å²) in [4.78, 5) is 30.7. The van der Waals surface area contributed by atoms with Crippen LogP contribution in [0.1, 0.15) is 84.4 Å². The third-order valence-electron chi connectivity index (χ3n) is 5.23. The maximum absolute atomic E-state index is 12.6. The van der Waals surface area contributed by atoms with Crippen molar-refractivity contribution >= 4 is 23.7 Å². The first-order valence-corrected chi connectivity index (χ1v) is 12.8. The molecule has 0 spiro atoms. The summed E-state index contributed by atoms with van der Waals surface area (Å²) >= 11 is 1.46. The summed E-state index contributed by atoms with van der Waals surface area (Å²) in [7, 11) is 0. The van der Waals surface area contributed by atoms with E-state index < -0.39 is 16.3 Å². The topological polar surface area (TPSA) is 70.4 Å². The van der Waals surface area contributed by atoms with E-state index in [4.69, 9.17) is 9.47 Å². The van der Waals surface area contributed by atoms with Gasteiger partial charge in [0.05, 0.1) is 6.61 Å². The molecule has 0 aliphatic heterocycles. The Kier molecular flexibility index (Phi) is 9.40. The Morgan fingerprint density at radius 1 is 1.09 bits per heavy atom. The van der Waals surface area contributed by atoms with Crippen LogP contribution in [0.5, 0.6) is 0 Å². The Labute approximate surface area is 208 Å². The number of hydrogen-bond acceptors (Lipinski definition) is 6. The van der Waals surface area contributed by atoms with Crippen molar-refractivity contribution in [2.24, 2.45) is 5.92 Å². The molecule has 0 unspecified atom stereocenters. The predicted octanol–water partition coefficient (Wildman–Crippen LogP) is 6.68. The van der Waals surface area contributed by atoms with Crippen LogP contribution in [-0.2, 0) is 20.8 Å². The minimum absolute atomic E-state index is 0.246. The molecule has 0 aliphatic carbocycles. The van der Waals surface area contributed by atoms with Gasteiger partial charge in [-0.25, -0.2) is 9.78 Å². The Morgan fingerprint density at radius 2 is 1.71 bits per heavy atom. The van der Waals surface area contributed by atoms with E-state index in [2.05, 4.69) is 23.4 Å². The fraction of sp³-hybridized carbons (Fsp3) is 0.593. The molecule has 2 rings (SSSR count). The number of ether oxygens (including phenoxy) is 2. The van der Waals surface area contributed by atoms with Crippen LogP contribution < -0.4 is 0 Å². The van der Waals surface area contributed by atoms with Gasteiger partial charge in [0.2, 0.25) is 0 Å². The maximum Gasteiger partial charge on any atom is 0.358 e. The number of rotatable bonds is 10. The standard InChI is InChI=1S/C27H40N2O4S/c1-10-32-24(30)22-19(4)29(17-11-12-18(2)3)23(28-22)20-13-15-21(16-14-20)34-27(8,9)25(31)33-26(5,6)7/h13-16,18H,10-12,17H2,1-9H3. The van der Waals surface area contributed by atoms with Crippen LogP contribution in [0, 0.1) is 12.8 Å². The van der Waals surface area contributed by atoms with Gasteiger partial charge in [-0.05, 0) is 79.4 Å². The van der Waals surface area contributed by atoms with Crippen molar-refractivity contribution in [3.63, 3.8) is 0 Å². The van der Waals surface area contributed by atoms with E-state index in [0.717, 1.165) is 41.4 Å². The summed E-state index contributed by atoms with van der Waals surface area (Å²) in [5.41, 5.74) is 1.58. The van der Waals surface area contributed by atoms with Gasteiger partial charge in [0.1, 0.15) is 16.2 Å². The summed E-state index contributed by atoms with van der Waals surface area (Å²) in [5, 5.41) is 0. The molecular formula is C27H40N2O4S. The zero-order chi connectivity index (χ0) is 25.7. The number of aromatic nitrogens is 2. The van der Waals surface area contributed by atoms with Crippen molar-refractivity contribution in [1.29, 1.82) is 0 Å². The van der Waals surface area contributed by atoms with E-state index >= 15 is 0 Å². The van der Waals surface area contributed by atoms with Gasteiger partial charge in [0.15, 0.2) is 5.69 Å². The van der Waals surface area contributed by atoms with Gasteiger partial charge in [-0.15, -0.1) is 11.8 Å². The van der Waals surface area contributed by atoms with E-state index in [1.54, 1.807) is 6.92 Å². The van der Waals surface area contributed by atoms with Crippen LogP contribution in [0.3, 0.4) is 0 Å². The lowest BCUT2D eigenvalue weighted by Gasteiger charge is -2.28. The summed E-state index contributed by atoms with van der Waals surface area (Å²) in [6, 6.07) is 7.95. The Morgan fingerprint density at radius 3 is 2.24 bits per heavy atom. The predicted molar refractivity (Wildman–Crippen MR) is 138 cm³/mol. The summed E-state index contributed by atoms with van der Waals surface area (Å²) in [6.07, 6.45) is 2.10. The van der Waals surface area contributed by atoms with E-state index in [0.29, 0.717) is 18.2 Å². The van der Waals surface area contributed by atoms with E-state index in [9.17, 15) is 9.59 Å². The number of benzene rings is 1. The Bertz CT molecular complexity index is 985. The largest absolute Gasteiger partial charge is 0.461 e. The molecule has 0 aliphatic rings. The smallest absolute Gasteiger partial charge is 0.358 e. The van der Waals surface area contributed by atoms with Crippen molar-refractivity contribution in [2.45, 2.75) is 96.9 Å². The molecule has 1 heterocycles. The van der Waals surface area contributed by atoms with E-state index in [1.807, 2.05) is 65.8 Å². The van der Waals surface area contributed by atoms with Crippen LogP contribution in [0.15, 0.2) is 29.2 Å². The zero-order valence-corrected chi connectivity index (χ0v) is 23.0. The van der Waals surface area contributed by atoms with E-state index in [1.165, 1.54) is 11.8 Å². The van der Waals surface area contributed by atoms with Gasteiger partial charge in [0.25, 0.3) is 0 Å². The van der Waals surface area contributed by atoms with Gasteiger partial charge in [-0.1, -0.05) is 26.0 Å². The van der Waals surface area contributed by atoms with E-state index in [-0.39, 0.29) is 5.97 Å². The van der Waals surface area contributed by atoms with Gasteiger partial charge in [-0.3, -0.25) is 4.79 Å². The van der Waals surface area contributed by atoms with Crippen LogP contribution in [0.2, 0.25) is 0 Å². The number of thioether (sulfide) groups is 1. The second kappa shape index (κ2) is 11.4. The highest BCUT2D eigenvalue weighted by Crippen LogP contribution is 2.36. The molecule has 0 N–H and O–H groups in total. The summed E-state index contributed by atoms with van der Waals surface area (Å²) in [5.74, 6) is 0.730. The lowest BCUT2D eigenvalue weighted by Crippen LogP contribution is -2.36. The number of nitrogens with zero attached hydrogens (tertiary/aromatic N) is 2. The second-order valence-electron chi connectivity index (χ2n) is 10.4. The highest BCUT2D eigenvalue weighted by molar-refractivity contribution is 8.01. The Balaban J connectivity index is 2.31. The average Bonchev–Trinajstić information content (AvgIpc) is 3.03. The molecule has 1 aromatic carbocycles. The highest BCUT2D eigenvalue weighted by atomic mass is 32.2. The summed E-state index contributed by atoms with van der Waals surface area (Å²) < 4.78 is 12.2. The number of carbonyl (C=O) groups is 2. The number of carbonyl (C=O) groups excluding carboxylic acids is 2. The van der Waals surface area contributed by atoms with Crippen molar-refractivity contribution in [3.8, 4) is 11.4 Å². The van der Waals surface area contributed by atoms with Crippen molar-refractivity contribution < 1.29 is 19.1 Å². The third-order valence-corrected chi connectivity index (χ3v) is 6.41. The van der Waals surface area contributed by atoms with Crippen molar-refractivity contribution in [3.05, 3.63) is 35.7 Å². The maximum atomic E-state index is 12.6. The van der Waals surface area contributed by atoms with Gasteiger partial charge in [0, 0.05) is 22.7 Å². The van der Waals surface area contributed by atoms with Crippen molar-refractivity contribution in [1.82, 2.24) is 9.55 Å². The van der Waals surface area contributed by atoms with Crippen molar-refractivity contribution in [2.75, 3.05) is 6.61 Å². The molecule has 0 fully saturated rings. The number of esters is 2. The zero-order valence-electron chi connectivity index (χ0n) is 22.2.